The minimum atomic E-state index is -4.31. The van der Waals surface area contributed by atoms with E-state index in [1.807, 2.05) is 13.8 Å². The third-order valence-electron chi connectivity index (χ3n) is 6.10. The van der Waals surface area contributed by atoms with E-state index in [0.717, 1.165) is 0 Å². The molecule has 1 N–H and O–H groups in total. The topological polar surface area (TPSA) is 70.7 Å². The fourth-order valence-electron chi connectivity index (χ4n) is 4.62. The van der Waals surface area contributed by atoms with Crippen molar-refractivity contribution in [1.29, 1.82) is 0 Å². The fraction of sp³-hybridized carbons (Fsp3) is 0.565. The summed E-state index contributed by atoms with van der Waals surface area (Å²) in [6, 6.07) is 6.65. The highest BCUT2D eigenvalue weighted by atomic mass is 35.5. The number of alkyl halides is 3. The van der Waals surface area contributed by atoms with E-state index in [1.165, 1.54) is 4.90 Å². The zero-order valence-corrected chi connectivity index (χ0v) is 19.8. The number of nitrogens with one attached hydrogen (secondary N) is 1. The minimum Gasteiger partial charge on any atom is -0.489 e. The number of H-pyrrole nitrogens is 1. The number of rotatable bonds is 5. The molecule has 1 unspecified atom stereocenters. The van der Waals surface area contributed by atoms with Crippen LogP contribution in [0.5, 0.6) is 5.75 Å². The number of aromatic nitrogens is 2. The Morgan fingerprint density at radius 1 is 1.35 bits per heavy atom. The van der Waals surface area contributed by atoms with Gasteiger partial charge in [-0.05, 0) is 51.0 Å². The molecule has 188 valence electrons. The maximum atomic E-state index is 13.2. The van der Waals surface area contributed by atoms with Gasteiger partial charge in [0.25, 0.3) is 5.91 Å². The Morgan fingerprint density at radius 3 is 2.68 bits per heavy atom. The summed E-state index contributed by atoms with van der Waals surface area (Å²) in [5, 5.41) is 7.08. The number of carbonyl (C=O) groups excluding carboxylic acids is 1. The lowest BCUT2D eigenvalue weighted by molar-refractivity contribution is -0.206. The lowest BCUT2D eigenvalue weighted by Gasteiger charge is -2.50. The number of amides is 1. The van der Waals surface area contributed by atoms with Crippen LogP contribution in [-0.2, 0) is 4.74 Å². The zero-order valence-electron chi connectivity index (χ0n) is 19.1. The quantitative estimate of drug-likeness (QED) is 0.641. The molecule has 3 heterocycles. The van der Waals surface area contributed by atoms with Gasteiger partial charge in [-0.25, -0.2) is 0 Å². The van der Waals surface area contributed by atoms with Gasteiger partial charge in [0.1, 0.15) is 11.9 Å². The van der Waals surface area contributed by atoms with E-state index in [0.29, 0.717) is 48.0 Å². The second kappa shape index (κ2) is 9.75. The molecule has 34 heavy (non-hydrogen) atoms. The number of benzene rings is 1. The van der Waals surface area contributed by atoms with Crippen molar-refractivity contribution in [3.63, 3.8) is 0 Å². The van der Waals surface area contributed by atoms with Crippen LogP contribution < -0.4 is 4.74 Å². The summed E-state index contributed by atoms with van der Waals surface area (Å²) in [4.78, 5) is 16.2. The van der Waals surface area contributed by atoms with Crippen molar-refractivity contribution in [2.45, 2.75) is 50.7 Å². The predicted octanol–water partition coefficient (Wildman–Crippen LogP) is 4.71. The average Bonchev–Trinajstić information content (AvgIpc) is 3.28. The normalized spacial score (nSPS) is 21.3. The number of aromatic amines is 1. The van der Waals surface area contributed by atoms with Gasteiger partial charge in [0.05, 0.1) is 29.0 Å². The van der Waals surface area contributed by atoms with E-state index in [1.54, 1.807) is 35.4 Å². The number of hydrogen-bond donors (Lipinski definition) is 1. The van der Waals surface area contributed by atoms with Crippen molar-refractivity contribution in [3.05, 3.63) is 46.7 Å². The molecule has 0 radical (unpaired) electrons. The van der Waals surface area contributed by atoms with E-state index >= 15 is 0 Å². The summed E-state index contributed by atoms with van der Waals surface area (Å²) in [7, 11) is 0. The third-order valence-corrected chi connectivity index (χ3v) is 6.40. The van der Waals surface area contributed by atoms with Crippen LogP contribution in [0.1, 0.15) is 50.3 Å². The first-order chi connectivity index (χ1) is 16.0. The van der Waals surface area contributed by atoms with Crippen molar-refractivity contribution in [2.75, 3.05) is 32.7 Å². The summed E-state index contributed by atoms with van der Waals surface area (Å²) < 4.78 is 51.5. The van der Waals surface area contributed by atoms with Crippen LogP contribution in [0, 0.1) is 0 Å². The SMILES string of the molecule is CC(C)Oc1ccc(C(=O)N2CCC3(CC2)CN(CC(F)(F)F)CC(c2ccn[nH]2)O3)cc1Cl.[HH]. The lowest BCUT2D eigenvalue weighted by atomic mass is 9.88. The van der Waals surface area contributed by atoms with Crippen molar-refractivity contribution >= 4 is 17.5 Å². The molecule has 2 aliphatic rings. The van der Waals surface area contributed by atoms with E-state index in [4.69, 9.17) is 21.1 Å². The first kappa shape index (κ1) is 24.8. The fourth-order valence-corrected chi connectivity index (χ4v) is 4.85. The molecule has 4 rings (SSSR count). The number of piperidine rings is 1. The largest absolute Gasteiger partial charge is 0.489 e. The van der Waals surface area contributed by atoms with E-state index in [9.17, 15) is 18.0 Å². The predicted molar refractivity (Wildman–Crippen MR) is 122 cm³/mol. The second-order valence-electron chi connectivity index (χ2n) is 9.19. The van der Waals surface area contributed by atoms with Gasteiger partial charge in [-0.15, -0.1) is 0 Å². The van der Waals surface area contributed by atoms with Gasteiger partial charge in [0, 0.05) is 39.4 Å². The van der Waals surface area contributed by atoms with E-state index in [-0.39, 0.29) is 26.5 Å². The highest BCUT2D eigenvalue weighted by molar-refractivity contribution is 6.32. The molecule has 0 aliphatic carbocycles. The molecule has 2 fully saturated rings. The highest BCUT2D eigenvalue weighted by Crippen LogP contribution is 2.38. The van der Waals surface area contributed by atoms with Crippen LogP contribution in [-0.4, -0.2) is 76.5 Å². The first-order valence-corrected chi connectivity index (χ1v) is 11.6. The Hall–Kier alpha value is -2.30. The molecule has 0 saturated carbocycles. The van der Waals surface area contributed by atoms with Crippen LogP contribution in [0.15, 0.2) is 30.5 Å². The maximum absolute atomic E-state index is 13.2. The van der Waals surface area contributed by atoms with E-state index < -0.39 is 24.4 Å². The molecule has 1 spiro atoms. The molecule has 7 nitrogen and oxygen atoms in total. The van der Waals surface area contributed by atoms with Gasteiger partial charge in [-0.2, -0.15) is 18.3 Å². The summed E-state index contributed by atoms with van der Waals surface area (Å²) in [6.07, 6.45) is -2.49. The molecular formula is C23H30ClF3N4O3. The molecule has 2 aromatic rings. The van der Waals surface area contributed by atoms with Gasteiger partial charge < -0.3 is 14.4 Å². The van der Waals surface area contributed by atoms with Crippen LogP contribution in [0.2, 0.25) is 5.02 Å². The standard InChI is InChI=1S/C23H28ClF3N4O3.H2/c1-15(2)33-19-4-3-16(11-17(19)24)21(32)31-9-6-22(7-10-31)13-30(14-23(25,26)27)12-20(34-22)18-5-8-28-29-18;/h3-5,8,11,15,20H,6-7,9-10,12-14H2,1-2H3,(H,28,29);1H. The summed E-state index contributed by atoms with van der Waals surface area (Å²) in [6.45, 7) is 3.79. The van der Waals surface area contributed by atoms with Crippen LogP contribution in [0.25, 0.3) is 0 Å². The second-order valence-corrected chi connectivity index (χ2v) is 9.60. The number of hydrogen-bond acceptors (Lipinski definition) is 5. The molecule has 1 aromatic carbocycles. The smallest absolute Gasteiger partial charge is 0.401 e. The lowest BCUT2D eigenvalue weighted by Crippen LogP contribution is -2.59. The Morgan fingerprint density at radius 2 is 2.09 bits per heavy atom. The number of likely N-dealkylation sites (tertiary alicyclic amines) is 1. The number of carbonyl (C=O) groups is 1. The van der Waals surface area contributed by atoms with Crippen LogP contribution in [0.4, 0.5) is 13.2 Å². The molecule has 1 aromatic heterocycles. The molecule has 0 bridgehead atoms. The number of nitrogens with zero attached hydrogens (tertiary/aromatic N) is 3. The minimum absolute atomic E-state index is 0. The van der Waals surface area contributed by atoms with Crippen molar-refractivity contribution < 1.29 is 28.9 Å². The van der Waals surface area contributed by atoms with Gasteiger partial charge in [-0.3, -0.25) is 14.8 Å². The number of halogens is 4. The number of morpholine rings is 1. The number of ether oxygens (including phenoxy) is 2. The van der Waals surface area contributed by atoms with Crippen LogP contribution in [0.3, 0.4) is 0 Å². The monoisotopic (exact) mass is 502 g/mol. The Bertz CT molecular complexity index is 998. The first-order valence-electron chi connectivity index (χ1n) is 11.3. The third kappa shape index (κ3) is 5.84. The maximum Gasteiger partial charge on any atom is 0.401 e. The summed E-state index contributed by atoms with van der Waals surface area (Å²) >= 11 is 6.29. The molecule has 11 heteroatoms. The summed E-state index contributed by atoms with van der Waals surface area (Å²) in [5.41, 5.74) is 0.307. The van der Waals surface area contributed by atoms with E-state index in [2.05, 4.69) is 10.2 Å². The molecular weight excluding hydrogens is 473 g/mol. The molecule has 1 amide bonds. The van der Waals surface area contributed by atoms with Crippen molar-refractivity contribution in [2.24, 2.45) is 0 Å². The highest BCUT2D eigenvalue weighted by Gasteiger charge is 2.46. The van der Waals surface area contributed by atoms with Crippen molar-refractivity contribution in [1.82, 2.24) is 20.0 Å². The molecule has 2 aliphatic heterocycles. The van der Waals surface area contributed by atoms with Gasteiger partial charge in [0.2, 0.25) is 0 Å². The zero-order chi connectivity index (χ0) is 24.5. The van der Waals surface area contributed by atoms with Gasteiger partial charge >= 0.3 is 6.18 Å². The van der Waals surface area contributed by atoms with Crippen LogP contribution >= 0.6 is 11.6 Å². The average molecular weight is 503 g/mol. The Balaban J connectivity index is 0.00000342. The Kier molecular flexibility index (Phi) is 7.12. The molecule has 1 atom stereocenters. The molecule has 2 saturated heterocycles. The van der Waals surface area contributed by atoms with Gasteiger partial charge in [0.15, 0.2) is 0 Å². The summed E-state index contributed by atoms with van der Waals surface area (Å²) in [5.74, 6) is 0.331. The Labute approximate surface area is 202 Å². The van der Waals surface area contributed by atoms with Crippen molar-refractivity contribution in [3.8, 4) is 5.75 Å². The van der Waals surface area contributed by atoms with Gasteiger partial charge in [-0.1, -0.05) is 11.6 Å².